The number of hydrogen-bond donors (Lipinski definition) is 0. The fourth-order valence-electron chi connectivity index (χ4n) is 1.82. The largest absolute Gasteiger partial charge is 0.494 e. The van der Waals surface area contributed by atoms with Gasteiger partial charge in [-0.1, -0.05) is 44.9 Å². The molecule has 0 saturated heterocycles. The molecule has 0 aliphatic carbocycles. The number of ether oxygens (including phenoxy) is 1. The van der Waals surface area contributed by atoms with Gasteiger partial charge in [-0.05, 0) is 36.5 Å². The van der Waals surface area contributed by atoms with Gasteiger partial charge in [0.25, 0.3) is 0 Å². The number of benzene rings is 1. The predicted molar refractivity (Wildman–Crippen MR) is 74.7 cm³/mol. The van der Waals surface area contributed by atoms with Crippen LogP contribution in [0.5, 0.6) is 5.75 Å². The van der Waals surface area contributed by atoms with E-state index < -0.39 is 0 Å². The summed E-state index contributed by atoms with van der Waals surface area (Å²) >= 11 is 0. The Bertz CT molecular complexity index is 313. The summed E-state index contributed by atoms with van der Waals surface area (Å²) in [4.78, 5) is 0. The Kier molecular flexibility index (Phi) is 6.46. The Balaban J connectivity index is 2.41. The summed E-state index contributed by atoms with van der Waals surface area (Å²) in [6.07, 6.45) is 6.62. The van der Waals surface area contributed by atoms with Crippen molar-refractivity contribution in [2.75, 3.05) is 6.61 Å². The molecule has 0 N–H and O–H groups in total. The first-order valence-corrected chi connectivity index (χ1v) is 6.61. The van der Waals surface area contributed by atoms with Crippen molar-refractivity contribution in [1.82, 2.24) is 0 Å². The summed E-state index contributed by atoms with van der Waals surface area (Å²) in [5.41, 5.74) is 1.35. The van der Waals surface area contributed by atoms with Crippen molar-refractivity contribution in [3.8, 4) is 5.75 Å². The molecule has 0 aliphatic heterocycles. The van der Waals surface area contributed by atoms with E-state index in [4.69, 9.17) is 4.74 Å². The summed E-state index contributed by atoms with van der Waals surface area (Å²) in [7, 11) is 0. The Hall–Kier alpha value is -1.24. The summed E-state index contributed by atoms with van der Waals surface area (Å²) in [5.74, 6) is 1.53. The average molecular weight is 232 g/mol. The van der Waals surface area contributed by atoms with Crippen molar-refractivity contribution >= 4 is 0 Å². The molecule has 1 nitrogen and oxygen atoms in total. The maximum absolute atomic E-state index is 5.68. The third kappa shape index (κ3) is 5.08. The van der Waals surface area contributed by atoms with E-state index in [2.05, 4.69) is 44.7 Å². The van der Waals surface area contributed by atoms with Crippen molar-refractivity contribution in [2.45, 2.75) is 45.4 Å². The fraction of sp³-hybridized carbons (Fsp3) is 0.500. The van der Waals surface area contributed by atoms with E-state index in [1.54, 1.807) is 0 Å². The van der Waals surface area contributed by atoms with Crippen molar-refractivity contribution in [2.24, 2.45) is 0 Å². The van der Waals surface area contributed by atoms with E-state index in [9.17, 15) is 0 Å². The SMILES string of the molecule is C=CCC(C)c1ccc(OCCCCC)cc1. The molecule has 0 aromatic heterocycles. The maximum atomic E-state index is 5.68. The summed E-state index contributed by atoms with van der Waals surface area (Å²) in [6, 6.07) is 8.45. The molecule has 0 radical (unpaired) electrons. The van der Waals surface area contributed by atoms with Crippen LogP contribution in [0.1, 0.15) is 51.0 Å². The van der Waals surface area contributed by atoms with E-state index >= 15 is 0 Å². The van der Waals surface area contributed by atoms with Gasteiger partial charge in [0.05, 0.1) is 6.61 Å². The molecule has 1 aromatic carbocycles. The van der Waals surface area contributed by atoms with Crippen LogP contribution in [0.15, 0.2) is 36.9 Å². The lowest BCUT2D eigenvalue weighted by Gasteiger charge is -2.11. The first-order chi connectivity index (χ1) is 8.27. The van der Waals surface area contributed by atoms with Gasteiger partial charge in [0.1, 0.15) is 5.75 Å². The van der Waals surface area contributed by atoms with Gasteiger partial charge in [0.2, 0.25) is 0 Å². The first kappa shape index (κ1) is 13.8. The molecule has 0 bridgehead atoms. The van der Waals surface area contributed by atoms with Gasteiger partial charge < -0.3 is 4.74 Å². The highest BCUT2D eigenvalue weighted by atomic mass is 16.5. The Labute approximate surface area is 106 Å². The molecule has 0 aliphatic rings. The lowest BCUT2D eigenvalue weighted by molar-refractivity contribution is 0.306. The fourth-order valence-corrected chi connectivity index (χ4v) is 1.82. The smallest absolute Gasteiger partial charge is 0.119 e. The molecule has 94 valence electrons. The zero-order valence-electron chi connectivity index (χ0n) is 11.1. The second-order valence-corrected chi connectivity index (χ2v) is 4.55. The van der Waals surface area contributed by atoms with E-state index in [1.807, 2.05) is 6.08 Å². The molecule has 1 unspecified atom stereocenters. The van der Waals surface area contributed by atoms with Crippen LogP contribution in [0.4, 0.5) is 0 Å². The first-order valence-electron chi connectivity index (χ1n) is 6.61. The Morgan fingerprint density at radius 3 is 2.53 bits per heavy atom. The molecular formula is C16H24O. The zero-order chi connectivity index (χ0) is 12.5. The van der Waals surface area contributed by atoms with E-state index in [-0.39, 0.29) is 0 Å². The minimum Gasteiger partial charge on any atom is -0.494 e. The number of unbranched alkanes of at least 4 members (excludes halogenated alkanes) is 2. The van der Waals surface area contributed by atoms with E-state index in [1.165, 1.54) is 18.4 Å². The minimum absolute atomic E-state index is 0.543. The van der Waals surface area contributed by atoms with Crippen molar-refractivity contribution in [3.05, 3.63) is 42.5 Å². The van der Waals surface area contributed by atoms with Crippen LogP contribution in [-0.4, -0.2) is 6.61 Å². The third-order valence-electron chi connectivity index (χ3n) is 2.99. The van der Waals surface area contributed by atoms with Crippen LogP contribution < -0.4 is 4.74 Å². The number of allylic oxidation sites excluding steroid dienone is 1. The molecule has 1 heteroatoms. The van der Waals surface area contributed by atoms with Crippen LogP contribution in [0.3, 0.4) is 0 Å². The molecule has 0 heterocycles. The quantitative estimate of drug-likeness (QED) is 0.456. The van der Waals surface area contributed by atoms with Gasteiger partial charge in [-0.3, -0.25) is 0 Å². The van der Waals surface area contributed by atoms with Crippen molar-refractivity contribution < 1.29 is 4.74 Å². The van der Waals surface area contributed by atoms with Gasteiger partial charge in [0.15, 0.2) is 0 Å². The molecule has 0 saturated carbocycles. The van der Waals surface area contributed by atoms with Gasteiger partial charge in [0, 0.05) is 0 Å². The molecular weight excluding hydrogens is 208 g/mol. The second kappa shape index (κ2) is 7.94. The van der Waals surface area contributed by atoms with Gasteiger partial charge in [-0.2, -0.15) is 0 Å². The predicted octanol–water partition coefficient (Wildman–Crippen LogP) is 4.94. The van der Waals surface area contributed by atoms with Crippen LogP contribution in [0.2, 0.25) is 0 Å². The topological polar surface area (TPSA) is 9.23 Å². The standard InChI is InChI=1S/C16H24O/c1-4-6-7-13-17-16-11-9-15(10-12-16)14(3)8-5-2/h5,9-12,14H,2,4,6-8,13H2,1,3H3. The van der Waals surface area contributed by atoms with Crippen molar-refractivity contribution in [1.29, 1.82) is 0 Å². The molecule has 1 aromatic rings. The Morgan fingerprint density at radius 1 is 1.24 bits per heavy atom. The highest BCUT2D eigenvalue weighted by Gasteiger charge is 2.03. The van der Waals surface area contributed by atoms with Crippen molar-refractivity contribution in [3.63, 3.8) is 0 Å². The van der Waals surface area contributed by atoms with Crippen LogP contribution in [0.25, 0.3) is 0 Å². The molecule has 17 heavy (non-hydrogen) atoms. The lowest BCUT2D eigenvalue weighted by atomic mass is 9.98. The van der Waals surface area contributed by atoms with Crippen LogP contribution in [-0.2, 0) is 0 Å². The van der Waals surface area contributed by atoms with E-state index in [0.29, 0.717) is 5.92 Å². The minimum atomic E-state index is 0.543. The normalized spacial score (nSPS) is 12.1. The zero-order valence-corrected chi connectivity index (χ0v) is 11.1. The molecule has 0 amide bonds. The monoisotopic (exact) mass is 232 g/mol. The van der Waals surface area contributed by atoms with Crippen LogP contribution in [0, 0.1) is 0 Å². The summed E-state index contributed by atoms with van der Waals surface area (Å²) in [6.45, 7) is 9.03. The average Bonchev–Trinajstić information content (AvgIpc) is 2.36. The van der Waals surface area contributed by atoms with Gasteiger partial charge in [-0.15, -0.1) is 6.58 Å². The number of rotatable bonds is 8. The van der Waals surface area contributed by atoms with Crippen LogP contribution >= 0.6 is 0 Å². The summed E-state index contributed by atoms with van der Waals surface area (Å²) < 4.78 is 5.68. The maximum Gasteiger partial charge on any atom is 0.119 e. The highest BCUT2D eigenvalue weighted by Crippen LogP contribution is 2.22. The second-order valence-electron chi connectivity index (χ2n) is 4.55. The Morgan fingerprint density at radius 2 is 1.94 bits per heavy atom. The molecule has 0 spiro atoms. The van der Waals surface area contributed by atoms with E-state index in [0.717, 1.165) is 25.2 Å². The van der Waals surface area contributed by atoms with Gasteiger partial charge >= 0.3 is 0 Å². The highest BCUT2D eigenvalue weighted by molar-refractivity contribution is 5.29. The third-order valence-corrected chi connectivity index (χ3v) is 2.99. The molecule has 0 fully saturated rings. The number of hydrogen-bond acceptors (Lipinski definition) is 1. The molecule has 1 rings (SSSR count). The lowest BCUT2D eigenvalue weighted by Crippen LogP contribution is -1.97. The van der Waals surface area contributed by atoms with Gasteiger partial charge in [-0.25, -0.2) is 0 Å². The summed E-state index contributed by atoms with van der Waals surface area (Å²) in [5, 5.41) is 0. The molecule has 1 atom stereocenters.